The van der Waals surface area contributed by atoms with Gasteiger partial charge in [-0.05, 0) is 51.3 Å². The molecule has 0 aliphatic heterocycles. The van der Waals surface area contributed by atoms with E-state index in [1.807, 2.05) is 38.1 Å². The maximum atomic E-state index is 12.6. The minimum Gasteiger partial charge on any atom is -0.462 e. The van der Waals surface area contributed by atoms with Crippen LogP contribution in [-0.2, 0) is 22.6 Å². The molecule has 0 radical (unpaired) electrons. The van der Waals surface area contributed by atoms with E-state index >= 15 is 0 Å². The van der Waals surface area contributed by atoms with Crippen LogP contribution in [0, 0.1) is 13.8 Å². The number of nitrogens with one attached hydrogen (secondary N) is 2. The number of rotatable bonds is 8. The number of benzene rings is 1. The summed E-state index contributed by atoms with van der Waals surface area (Å²) in [5.41, 5.74) is 4.07. The summed E-state index contributed by atoms with van der Waals surface area (Å²) in [5, 5.41) is 2.92. The molecule has 6 heteroatoms. The van der Waals surface area contributed by atoms with E-state index in [0.29, 0.717) is 42.3 Å². The molecule has 2 N–H and O–H groups in total. The van der Waals surface area contributed by atoms with Crippen molar-refractivity contribution in [2.75, 3.05) is 6.61 Å². The summed E-state index contributed by atoms with van der Waals surface area (Å²) in [4.78, 5) is 27.7. The molecule has 0 spiro atoms. The highest BCUT2D eigenvalue weighted by Crippen LogP contribution is 2.19. The van der Waals surface area contributed by atoms with Gasteiger partial charge in [0.15, 0.2) is 0 Å². The maximum Gasteiger partial charge on any atom is 0.340 e. The van der Waals surface area contributed by atoms with E-state index in [1.165, 1.54) is 0 Å². The van der Waals surface area contributed by atoms with Gasteiger partial charge in [0, 0.05) is 12.2 Å². The Morgan fingerprint density at radius 1 is 1.15 bits per heavy atom. The van der Waals surface area contributed by atoms with E-state index < -0.39 is 5.97 Å². The number of carbonyl (C=O) groups is 2. The molecule has 2 rings (SSSR count). The summed E-state index contributed by atoms with van der Waals surface area (Å²) in [7, 11) is 0. The van der Waals surface area contributed by atoms with Crippen molar-refractivity contribution in [2.45, 2.75) is 53.9 Å². The fourth-order valence-electron chi connectivity index (χ4n) is 2.88. The van der Waals surface area contributed by atoms with Gasteiger partial charge in [0.1, 0.15) is 5.69 Å². The second kappa shape index (κ2) is 9.37. The molecule has 1 aromatic heterocycles. The minimum absolute atomic E-state index is 0.137. The Balaban J connectivity index is 2.11. The smallest absolute Gasteiger partial charge is 0.340 e. The van der Waals surface area contributed by atoms with E-state index in [1.54, 1.807) is 20.8 Å². The predicted octanol–water partition coefficient (Wildman–Crippen LogP) is 3.66. The third-order valence-corrected chi connectivity index (χ3v) is 4.27. The van der Waals surface area contributed by atoms with Gasteiger partial charge >= 0.3 is 5.97 Å². The molecular formula is C21H28N2O4. The van der Waals surface area contributed by atoms with Crippen molar-refractivity contribution in [2.24, 2.45) is 0 Å². The van der Waals surface area contributed by atoms with Crippen molar-refractivity contribution in [3.63, 3.8) is 0 Å². The molecule has 1 amide bonds. The van der Waals surface area contributed by atoms with Gasteiger partial charge in [-0.2, -0.15) is 0 Å². The number of esters is 1. The van der Waals surface area contributed by atoms with Crippen LogP contribution in [0.1, 0.15) is 64.0 Å². The molecule has 27 heavy (non-hydrogen) atoms. The van der Waals surface area contributed by atoms with Crippen LogP contribution < -0.4 is 5.32 Å². The monoisotopic (exact) mass is 372 g/mol. The lowest BCUT2D eigenvalue weighted by Gasteiger charge is -2.13. The van der Waals surface area contributed by atoms with Gasteiger partial charge in [0.25, 0.3) is 5.91 Å². The number of aromatic nitrogens is 1. The van der Waals surface area contributed by atoms with Crippen molar-refractivity contribution in [1.82, 2.24) is 10.3 Å². The van der Waals surface area contributed by atoms with E-state index in [0.717, 1.165) is 11.1 Å². The standard InChI is InChI=1S/C21H28N2O4/c1-6-26-21(25)18-14(4)19(23-15(18)5)20(24)22-11-16-9-7-8-10-17(16)12-27-13(2)3/h7-10,13,23H,6,11-12H2,1-5H3,(H,22,24). The topological polar surface area (TPSA) is 80.4 Å². The molecular weight excluding hydrogens is 344 g/mol. The molecule has 1 aromatic carbocycles. The third kappa shape index (κ3) is 5.20. The fraction of sp³-hybridized carbons (Fsp3) is 0.429. The summed E-state index contributed by atoms with van der Waals surface area (Å²) < 4.78 is 10.7. The predicted molar refractivity (Wildman–Crippen MR) is 104 cm³/mol. The zero-order valence-electron chi connectivity index (χ0n) is 16.6. The Morgan fingerprint density at radius 3 is 2.44 bits per heavy atom. The molecule has 6 nitrogen and oxygen atoms in total. The zero-order valence-corrected chi connectivity index (χ0v) is 16.6. The number of ether oxygens (including phenoxy) is 2. The van der Waals surface area contributed by atoms with Crippen molar-refractivity contribution < 1.29 is 19.1 Å². The number of hydrogen-bond acceptors (Lipinski definition) is 4. The van der Waals surface area contributed by atoms with E-state index in [4.69, 9.17) is 9.47 Å². The van der Waals surface area contributed by atoms with Crippen molar-refractivity contribution in [3.05, 3.63) is 57.9 Å². The maximum absolute atomic E-state index is 12.6. The Morgan fingerprint density at radius 2 is 1.81 bits per heavy atom. The third-order valence-electron chi connectivity index (χ3n) is 4.27. The zero-order chi connectivity index (χ0) is 20.0. The van der Waals surface area contributed by atoms with Gasteiger partial charge in [-0.25, -0.2) is 4.79 Å². The van der Waals surface area contributed by atoms with Crippen LogP contribution in [0.2, 0.25) is 0 Å². The van der Waals surface area contributed by atoms with Crippen molar-refractivity contribution >= 4 is 11.9 Å². The van der Waals surface area contributed by atoms with Gasteiger partial charge in [0.2, 0.25) is 0 Å². The first-order chi connectivity index (χ1) is 12.8. The van der Waals surface area contributed by atoms with Gasteiger partial charge in [-0.3, -0.25) is 4.79 Å². The molecule has 0 saturated heterocycles. The van der Waals surface area contributed by atoms with E-state index in [9.17, 15) is 9.59 Å². The average molecular weight is 372 g/mol. The van der Waals surface area contributed by atoms with Crippen LogP contribution in [0.5, 0.6) is 0 Å². The first-order valence-electron chi connectivity index (χ1n) is 9.18. The lowest BCUT2D eigenvalue weighted by molar-refractivity contribution is 0.0525. The minimum atomic E-state index is -0.418. The van der Waals surface area contributed by atoms with Crippen LogP contribution in [0.15, 0.2) is 24.3 Å². The molecule has 0 aliphatic carbocycles. The second-order valence-electron chi connectivity index (χ2n) is 6.66. The first-order valence-corrected chi connectivity index (χ1v) is 9.18. The fourth-order valence-corrected chi connectivity index (χ4v) is 2.88. The van der Waals surface area contributed by atoms with Gasteiger partial charge in [0.05, 0.1) is 24.9 Å². The number of aryl methyl sites for hydroxylation is 1. The number of hydrogen-bond donors (Lipinski definition) is 2. The highest BCUT2D eigenvalue weighted by atomic mass is 16.5. The van der Waals surface area contributed by atoms with Crippen LogP contribution in [0.3, 0.4) is 0 Å². The quantitative estimate of drug-likeness (QED) is 0.693. The molecule has 2 aromatic rings. The Kier molecular flexibility index (Phi) is 7.19. The van der Waals surface area contributed by atoms with Crippen molar-refractivity contribution in [3.8, 4) is 0 Å². The first kappa shape index (κ1) is 20.7. The average Bonchev–Trinajstić information content (AvgIpc) is 2.93. The van der Waals surface area contributed by atoms with E-state index in [2.05, 4.69) is 10.3 Å². The summed E-state index contributed by atoms with van der Waals surface area (Å²) in [5.74, 6) is -0.676. The van der Waals surface area contributed by atoms with Crippen LogP contribution in [0.25, 0.3) is 0 Å². The number of amides is 1. The second-order valence-corrected chi connectivity index (χ2v) is 6.66. The molecule has 0 atom stereocenters. The Labute approximate surface area is 160 Å². The lowest BCUT2D eigenvalue weighted by atomic mass is 10.1. The van der Waals surface area contributed by atoms with Gasteiger partial charge < -0.3 is 19.8 Å². The molecule has 1 heterocycles. The van der Waals surface area contributed by atoms with Crippen LogP contribution >= 0.6 is 0 Å². The largest absolute Gasteiger partial charge is 0.462 e. The lowest BCUT2D eigenvalue weighted by Crippen LogP contribution is -2.24. The normalized spacial score (nSPS) is 10.9. The number of aromatic amines is 1. The summed E-state index contributed by atoms with van der Waals surface area (Å²) in [6.45, 7) is 10.4. The molecule has 0 fully saturated rings. The number of H-pyrrole nitrogens is 1. The number of carbonyl (C=O) groups excluding carboxylic acids is 2. The molecule has 0 aliphatic rings. The molecule has 0 bridgehead atoms. The molecule has 0 unspecified atom stereocenters. The summed E-state index contributed by atoms with van der Waals surface area (Å²) in [6, 6.07) is 7.85. The van der Waals surface area contributed by atoms with Gasteiger partial charge in [-0.1, -0.05) is 24.3 Å². The Bertz CT molecular complexity index is 809. The summed E-state index contributed by atoms with van der Waals surface area (Å²) in [6.07, 6.45) is 0.137. The Hall–Kier alpha value is -2.60. The highest BCUT2D eigenvalue weighted by Gasteiger charge is 2.22. The van der Waals surface area contributed by atoms with Crippen molar-refractivity contribution in [1.29, 1.82) is 0 Å². The summed E-state index contributed by atoms with van der Waals surface area (Å²) >= 11 is 0. The molecule has 146 valence electrons. The van der Waals surface area contributed by atoms with E-state index in [-0.39, 0.29) is 12.0 Å². The molecule has 0 saturated carbocycles. The highest BCUT2D eigenvalue weighted by molar-refractivity contribution is 6.00. The van der Waals surface area contributed by atoms with Crippen LogP contribution in [0.4, 0.5) is 0 Å². The van der Waals surface area contributed by atoms with Gasteiger partial charge in [-0.15, -0.1) is 0 Å². The van der Waals surface area contributed by atoms with Crippen LogP contribution in [-0.4, -0.2) is 29.6 Å². The SMILES string of the molecule is CCOC(=O)c1c(C)[nH]c(C(=O)NCc2ccccc2COC(C)C)c1C.